The third-order valence-corrected chi connectivity index (χ3v) is 4.91. The molecular weight excluding hydrogens is 422 g/mol. The van der Waals surface area contributed by atoms with Crippen molar-refractivity contribution in [2.75, 3.05) is 0 Å². The summed E-state index contributed by atoms with van der Waals surface area (Å²) in [4.78, 5) is 11.5. The van der Waals surface area contributed by atoms with Crippen LogP contribution in [0.3, 0.4) is 0 Å². The highest BCUT2D eigenvalue weighted by molar-refractivity contribution is 6.33. The summed E-state index contributed by atoms with van der Waals surface area (Å²) in [5.41, 5.74) is 1.40. The lowest BCUT2D eigenvalue weighted by Gasteiger charge is -2.12. The number of rotatable bonds is 3. The summed E-state index contributed by atoms with van der Waals surface area (Å²) >= 11 is 12.1. The number of halogens is 5. The van der Waals surface area contributed by atoms with Crippen LogP contribution in [-0.2, 0) is 6.18 Å². The van der Waals surface area contributed by atoms with Gasteiger partial charge in [0.2, 0.25) is 0 Å². The summed E-state index contributed by atoms with van der Waals surface area (Å²) in [5.74, 6) is 0.0275. The second kappa shape index (κ2) is 7.54. The highest BCUT2D eigenvalue weighted by atomic mass is 35.5. The third kappa shape index (κ3) is 3.86. The monoisotopic (exact) mass is 433 g/mol. The second-order valence-corrected chi connectivity index (χ2v) is 7.06. The quantitative estimate of drug-likeness (QED) is 0.373. The number of hydrogen-bond donors (Lipinski definition) is 1. The van der Waals surface area contributed by atoms with Crippen LogP contribution >= 0.6 is 23.2 Å². The Hall–Kier alpha value is -2.83. The number of aromatic amines is 1. The molecule has 0 aliphatic rings. The van der Waals surface area contributed by atoms with Crippen molar-refractivity contribution < 1.29 is 13.2 Å². The molecule has 1 N–H and O–H groups in total. The lowest BCUT2D eigenvalue weighted by molar-refractivity contribution is -0.137. The molecule has 2 aromatic carbocycles. The van der Waals surface area contributed by atoms with Crippen LogP contribution in [0.5, 0.6) is 0 Å². The summed E-state index contributed by atoms with van der Waals surface area (Å²) in [6, 6.07) is 14.0. The molecule has 0 aliphatic carbocycles. The first kappa shape index (κ1) is 19.5. The van der Waals surface area contributed by atoms with Gasteiger partial charge in [-0.2, -0.15) is 13.2 Å². The van der Waals surface area contributed by atoms with Gasteiger partial charge in [0.05, 0.1) is 22.0 Å². The normalized spacial score (nSPS) is 11.6. The van der Waals surface area contributed by atoms with Crippen molar-refractivity contribution in [3.05, 3.63) is 82.6 Å². The van der Waals surface area contributed by atoms with Crippen molar-refractivity contribution in [1.82, 2.24) is 15.0 Å². The molecule has 0 amide bonds. The van der Waals surface area contributed by atoms with Crippen LogP contribution in [0.1, 0.15) is 5.56 Å². The molecule has 0 unspecified atom stereocenters. The van der Waals surface area contributed by atoms with Crippen LogP contribution in [0.15, 0.2) is 67.0 Å². The van der Waals surface area contributed by atoms with Gasteiger partial charge < -0.3 is 4.98 Å². The molecule has 0 radical (unpaired) electrons. The average Bonchev–Trinajstić information content (AvgIpc) is 3.13. The number of alkyl halides is 3. The van der Waals surface area contributed by atoms with Crippen LogP contribution in [0, 0.1) is 0 Å². The maximum absolute atomic E-state index is 13.6. The molecule has 146 valence electrons. The molecule has 2 heterocycles. The maximum Gasteiger partial charge on any atom is 0.417 e. The number of nitrogens with one attached hydrogen (secondary N) is 1. The molecule has 0 saturated carbocycles. The van der Waals surface area contributed by atoms with E-state index in [9.17, 15) is 13.2 Å². The first-order chi connectivity index (χ1) is 13.8. The molecule has 3 nitrogen and oxygen atoms in total. The highest BCUT2D eigenvalue weighted by Crippen LogP contribution is 2.42. The Balaban J connectivity index is 1.98. The largest absolute Gasteiger partial charge is 0.417 e. The molecule has 2 aromatic heterocycles. The molecule has 29 heavy (non-hydrogen) atoms. The summed E-state index contributed by atoms with van der Waals surface area (Å²) < 4.78 is 40.8. The van der Waals surface area contributed by atoms with E-state index in [4.69, 9.17) is 23.2 Å². The molecule has 0 aliphatic heterocycles. The van der Waals surface area contributed by atoms with E-state index in [-0.39, 0.29) is 16.4 Å². The van der Waals surface area contributed by atoms with Gasteiger partial charge in [-0.3, -0.25) is 4.98 Å². The van der Waals surface area contributed by atoms with Gasteiger partial charge in [-0.1, -0.05) is 41.4 Å². The van der Waals surface area contributed by atoms with Gasteiger partial charge in [-0.15, -0.1) is 0 Å². The molecule has 0 atom stereocenters. The minimum absolute atomic E-state index is 0.0275. The van der Waals surface area contributed by atoms with E-state index < -0.39 is 11.7 Å². The third-order valence-electron chi connectivity index (χ3n) is 4.35. The molecule has 0 fully saturated rings. The lowest BCUT2D eigenvalue weighted by atomic mass is 10.1. The first-order valence-electron chi connectivity index (χ1n) is 8.47. The summed E-state index contributed by atoms with van der Waals surface area (Å²) in [7, 11) is 0. The van der Waals surface area contributed by atoms with Crippen LogP contribution < -0.4 is 0 Å². The zero-order chi connectivity index (χ0) is 20.6. The van der Waals surface area contributed by atoms with E-state index >= 15 is 0 Å². The molecule has 0 spiro atoms. The van der Waals surface area contributed by atoms with E-state index in [1.807, 2.05) is 0 Å². The van der Waals surface area contributed by atoms with Crippen molar-refractivity contribution in [3.63, 3.8) is 0 Å². The van der Waals surface area contributed by atoms with E-state index in [1.54, 1.807) is 48.8 Å². The SMILES string of the molecule is FC(F)(F)c1cccc(Cl)c1-c1nc(-c2ccc(Cl)cc2)c(-c2ccncc2)[nH]1. The molecule has 0 bridgehead atoms. The fourth-order valence-electron chi connectivity index (χ4n) is 3.04. The van der Waals surface area contributed by atoms with Gasteiger partial charge in [-0.25, -0.2) is 4.98 Å². The smallest absolute Gasteiger partial charge is 0.337 e. The minimum Gasteiger partial charge on any atom is -0.337 e. The number of H-pyrrole nitrogens is 1. The predicted octanol–water partition coefficient (Wildman–Crippen LogP) is 7.13. The molecule has 4 aromatic rings. The summed E-state index contributed by atoms with van der Waals surface area (Å²) in [5, 5.41) is 0.498. The number of aromatic nitrogens is 3. The van der Waals surface area contributed by atoms with E-state index in [1.165, 1.54) is 12.1 Å². The van der Waals surface area contributed by atoms with Gasteiger partial charge in [0.25, 0.3) is 0 Å². The Kier molecular flexibility index (Phi) is 5.06. The van der Waals surface area contributed by atoms with Crippen molar-refractivity contribution in [2.24, 2.45) is 0 Å². The van der Waals surface area contributed by atoms with Crippen LogP contribution in [0.25, 0.3) is 33.9 Å². The van der Waals surface area contributed by atoms with Crippen molar-refractivity contribution in [3.8, 4) is 33.9 Å². The molecular formula is C21H12Cl2F3N3. The fourth-order valence-corrected chi connectivity index (χ4v) is 3.43. The van der Waals surface area contributed by atoms with Crippen molar-refractivity contribution >= 4 is 23.2 Å². The zero-order valence-corrected chi connectivity index (χ0v) is 16.1. The predicted molar refractivity (Wildman–Crippen MR) is 108 cm³/mol. The van der Waals surface area contributed by atoms with Gasteiger partial charge >= 0.3 is 6.18 Å². The number of pyridine rings is 1. The number of benzene rings is 2. The maximum atomic E-state index is 13.6. The minimum atomic E-state index is -4.58. The van der Waals surface area contributed by atoms with Crippen molar-refractivity contribution in [1.29, 1.82) is 0 Å². The van der Waals surface area contributed by atoms with Gasteiger partial charge in [0.15, 0.2) is 0 Å². The van der Waals surface area contributed by atoms with E-state index in [0.717, 1.165) is 11.6 Å². The molecule has 0 saturated heterocycles. The Labute approximate surface area is 174 Å². The van der Waals surface area contributed by atoms with E-state index in [0.29, 0.717) is 22.0 Å². The molecule has 8 heteroatoms. The highest BCUT2D eigenvalue weighted by Gasteiger charge is 2.35. The number of hydrogen-bond acceptors (Lipinski definition) is 2. The standard InChI is InChI=1S/C21H12Cl2F3N3/c22-14-6-4-12(5-7-14)18-19(13-8-10-27-11-9-13)29-20(28-18)17-15(21(24,25)26)2-1-3-16(17)23/h1-11H,(H,28,29). The first-order valence-corrected chi connectivity index (χ1v) is 9.22. The van der Waals surface area contributed by atoms with Crippen molar-refractivity contribution in [2.45, 2.75) is 6.18 Å². The Morgan fingerprint density at radius 2 is 1.52 bits per heavy atom. The number of nitrogens with zero attached hydrogens (tertiary/aromatic N) is 2. The topological polar surface area (TPSA) is 41.6 Å². The van der Waals surface area contributed by atoms with Crippen LogP contribution in [-0.4, -0.2) is 15.0 Å². The summed E-state index contributed by atoms with van der Waals surface area (Å²) in [6.07, 6.45) is -1.39. The number of imidazole rings is 1. The lowest BCUT2D eigenvalue weighted by Crippen LogP contribution is -2.07. The Morgan fingerprint density at radius 1 is 0.828 bits per heavy atom. The van der Waals surface area contributed by atoms with Crippen LogP contribution in [0.2, 0.25) is 10.0 Å². The second-order valence-electron chi connectivity index (χ2n) is 6.21. The van der Waals surface area contributed by atoms with Crippen LogP contribution in [0.4, 0.5) is 13.2 Å². The van der Waals surface area contributed by atoms with Gasteiger partial charge in [0, 0.05) is 34.1 Å². The Bertz CT molecular complexity index is 1150. The summed E-state index contributed by atoms with van der Waals surface area (Å²) in [6.45, 7) is 0. The zero-order valence-electron chi connectivity index (χ0n) is 14.6. The van der Waals surface area contributed by atoms with Gasteiger partial charge in [0.1, 0.15) is 5.82 Å². The average molecular weight is 434 g/mol. The Morgan fingerprint density at radius 3 is 2.17 bits per heavy atom. The molecule has 4 rings (SSSR count). The fraction of sp³-hybridized carbons (Fsp3) is 0.0476. The van der Waals surface area contributed by atoms with E-state index in [2.05, 4.69) is 15.0 Å². The van der Waals surface area contributed by atoms with Gasteiger partial charge in [-0.05, 0) is 36.4 Å².